The van der Waals surface area contributed by atoms with Crippen molar-refractivity contribution in [3.05, 3.63) is 41.6 Å². The Balaban J connectivity index is 0.00000235. The van der Waals surface area contributed by atoms with Gasteiger partial charge in [0.1, 0.15) is 23.0 Å². The van der Waals surface area contributed by atoms with Gasteiger partial charge in [-0.2, -0.15) is 14.8 Å². The predicted octanol–water partition coefficient (Wildman–Crippen LogP) is 5.39. The normalized spacial score (nSPS) is 17.5. The Hall–Kier alpha value is -2.42. The molecule has 16 heteroatoms. The number of hydrazine groups is 1. The number of aliphatic hydroxyl groups excluding tert-OH is 1. The molecule has 0 spiro atoms. The van der Waals surface area contributed by atoms with Crippen LogP contribution < -0.4 is 25.2 Å². The molecular formula is C30H45ClN7O6PS. The highest BCUT2D eigenvalue weighted by atomic mass is 35.5. The first kappa shape index (κ1) is 36.4. The zero-order valence-electron chi connectivity index (χ0n) is 26.9. The first-order valence-corrected chi connectivity index (χ1v) is 18.0. The number of rotatable bonds is 16. The molecule has 0 amide bonds. The summed E-state index contributed by atoms with van der Waals surface area (Å²) < 4.78 is 26.3. The van der Waals surface area contributed by atoms with Gasteiger partial charge in [0, 0.05) is 38.5 Å². The van der Waals surface area contributed by atoms with E-state index in [-0.39, 0.29) is 36.8 Å². The van der Waals surface area contributed by atoms with Crippen LogP contribution in [0.1, 0.15) is 57.9 Å². The lowest BCUT2D eigenvalue weighted by molar-refractivity contribution is -0.152. The molecule has 3 aromatic rings. The van der Waals surface area contributed by atoms with E-state index in [2.05, 4.69) is 31.4 Å². The molecule has 5 rings (SSSR count). The number of carbonyl (C=O) groups excluding carboxylic acids is 1. The Bertz CT molecular complexity index is 1410. The van der Waals surface area contributed by atoms with Crippen LogP contribution in [0.2, 0.25) is 5.02 Å². The van der Waals surface area contributed by atoms with Crippen LogP contribution in [0.25, 0.3) is 11.0 Å². The molecule has 1 aromatic carbocycles. The van der Waals surface area contributed by atoms with Gasteiger partial charge in [0.2, 0.25) is 5.95 Å². The lowest BCUT2D eigenvalue weighted by atomic mass is 10.1. The van der Waals surface area contributed by atoms with Crippen LogP contribution in [0.4, 0.5) is 11.8 Å². The Morgan fingerprint density at radius 1 is 1.24 bits per heavy atom. The van der Waals surface area contributed by atoms with E-state index >= 15 is 0 Å². The summed E-state index contributed by atoms with van der Waals surface area (Å²) in [6.45, 7) is 2.33. The number of halogens is 1. The Morgan fingerprint density at radius 3 is 2.57 bits per heavy atom. The highest BCUT2D eigenvalue weighted by molar-refractivity contribution is 7.96. The van der Waals surface area contributed by atoms with E-state index in [0.29, 0.717) is 35.9 Å². The standard InChI is InChI=1S/C29H41ClN7O5PS.CH4O/c1-19(37-16-13-24-25(36(2)35-44-4)32-28(31)33-26(24)37)17-23(39-3)18-40-43(42-22-11-9-20(30)10-12-22)34-29(14-15-29)27(38)41-21-7-5-6-8-21;1-2/h9-13,16,19,21,23,34-35H,5-8,14-15,17-18H2,1-4H3,(H2,31,32,33);2H,1H3. The number of anilines is 2. The Morgan fingerprint density at radius 2 is 1.93 bits per heavy atom. The Labute approximate surface area is 280 Å². The first-order chi connectivity index (χ1) is 22.2. The molecule has 5 N–H and O–H groups in total. The fraction of sp³-hybridized carbons (Fsp3) is 0.567. The van der Waals surface area contributed by atoms with Gasteiger partial charge < -0.3 is 33.9 Å². The third-order valence-electron chi connectivity index (χ3n) is 7.93. The summed E-state index contributed by atoms with van der Waals surface area (Å²) in [4.78, 5) is 25.3. The van der Waals surface area contributed by atoms with Gasteiger partial charge in [-0.25, -0.2) is 5.09 Å². The maximum absolute atomic E-state index is 13.2. The largest absolute Gasteiger partial charge is 0.461 e. The van der Waals surface area contributed by atoms with Gasteiger partial charge in [0.15, 0.2) is 5.82 Å². The second kappa shape index (κ2) is 17.1. The average Bonchev–Trinajstić information content (AvgIpc) is 3.42. The van der Waals surface area contributed by atoms with Gasteiger partial charge in [0.05, 0.1) is 18.1 Å². The molecule has 2 heterocycles. The van der Waals surface area contributed by atoms with Crippen molar-refractivity contribution in [3.8, 4) is 5.75 Å². The second-order valence-electron chi connectivity index (χ2n) is 11.3. The molecule has 46 heavy (non-hydrogen) atoms. The van der Waals surface area contributed by atoms with Crippen LogP contribution >= 0.6 is 32.1 Å². The van der Waals surface area contributed by atoms with E-state index in [1.807, 2.05) is 30.6 Å². The van der Waals surface area contributed by atoms with E-state index in [1.54, 1.807) is 31.4 Å². The first-order valence-electron chi connectivity index (χ1n) is 15.2. The van der Waals surface area contributed by atoms with Gasteiger partial charge >= 0.3 is 14.5 Å². The zero-order valence-corrected chi connectivity index (χ0v) is 29.4. The minimum absolute atomic E-state index is 0.00505. The van der Waals surface area contributed by atoms with Gasteiger partial charge in [-0.05, 0) is 88.5 Å². The van der Waals surface area contributed by atoms with Gasteiger partial charge in [0.25, 0.3) is 0 Å². The number of nitrogen functional groups attached to an aromatic ring is 1. The van der Waals surface area contributed by atoms with Gasteiger partial charge in [-0.3, -0.25) is 9.80 Å². The van der Waals surface area contributed by atoms with Crippen LogP contribution in [-0.4, -0.2) is 77.5 Å². The third-order valence-corrected chi connectivity index (χ3v) is 10.0. The molecule has 0 bridgehead atoms. The predicted molar refractivity (Wildman–Crippen MR) is 184 cm³/mol. The van der Waals surface area contributed by atoms with Crippen molar-refractivity contribution >= 4 is 60.8 Å². The molecular weight excluding hydrogens is 653 g/mol. The van der Waals surface area contributed by atoms with Crippen molar-refractivity contribution in [2.24, 2.45) is 0 Å². The fourth-order valence-corrected chi connectivity index (χ4v) is 7.24. The molecule has 13 nitrogen and oxygen atoms in total. The number of hydrogen-bond donors (Lipinski definition) is 4. The summed E-state index contributed by atoms with van der Waals surface area (Å²) in [7, 11) is 2.83. The highest BCUT2D eigenvalue weighted by Gasteiger charge is 2.54. The van der Waals surface area contributed by atoms with Crippen LogP contribution in [0.3, 0.4) is 0 Å². The molecule has 0 aliphatic heterocycles. The summed E-state index contributed by atoms with van der Waals surface area (Å²) in [5.74, 6) is 1.24. The molecule has 0 saturated heterocycles. The summed E-state index contributed by atoms with van der Waals surface area (Å²) in [6, 6.07) is 9.04. The van der Waals surface area contributed by atoms with E-state index in [4.69, 9.17) is 41.0 Å². The number of aliphatic hydroxyl groups is 1. The summed E-state index contributed by atoms with van der Waals surface area (Å²) in [5.41, 5.74) is 6.03. The molecule has 2 aliphatic rings. The number of carbonyl (C=O) groups is 1. The fourth-order valence-electron chi connectivity index (χ4n) is 5.31. The van der Waals surface area contributed by atoms with E-state index < -0.39 is 14.1 Å². The maximum Gasteiger partial charge on any atom is 0.327 e. The molecule has 3 unspecified atom stereocenters. The van der Waals surface area contributed by atoms with Crippen molar-refractivity contribution in [1.82, 2.24) is 24.5 Å². The van der Waals surface area contributed by atoms with Crippen molar-refractivity contribution in [2.75, 3.05) is 44.9 Å². The highest BCUT2D eigenvalue weighted by Crippen LogP contribution is 2.47. The number of nitrogens with one attached hydrogen (secondary N) is 2. The minimum Gasteiger partial charge on any atom is -0.461 e. The SMILES string of the molecule is CO.COC(COP(NC1(C(=O)OC2CCCC2)CC1)Oc1ccc(Cl)cc1)CC(C)n1ccc2c(N(C)NSC)nc(N)nc21. The van der Waals surface area contributed by atoms with Gasteiger partial charge in [-0.15, -0.1) is 0 Å². The van der Waals surface area contributed by atoms with E-state index in [0.717, 1.165) is 43.8 Å². The number of esters is 1. The molecule has 0 radical (unpaired) electrons. The number of nitrogens with two attached hydrogens (primary N) is 1. The monoisotopic (exact) mass is 697 g/mol. The number of nitrogens with zero attached hydrogens (tertiary/aromatic N) is 4. The number of benzene rings is 1. The van der Waals surface area contributed by atoms with Crippen LogP contribution in [0, 0.1) is 0 Å². The van der Waals surface area contributed by atoms with Crippen molar-refractivity contribution in [2.45, 2.75) is 75.7 Å². The quantitative estimate of drug-likeness (QED) is 0.0654. The second-order valence-corrected chi connectivity index (χ2v) is 13.5. The number of ether oxygens (including phenoxy) is 2. The molecule has 254 valence electrons. The topological polar surface area (TPSA) is 158 Å². The molecule has 2 aromatic heterocycles. The number of hydrogen-bond acceptors (Lipinski definition) is 13. The van der Waals surface area contributed by atoms with Crippen molar-refractivity contribution in [3.63, 3.8) is 0 Å². The number of fused-ring (bicyclic) bond motifs is 1. The van der Waals surface area contributed by atoms with E-state index in [1.165, 1.54) is 11.9 Å². The number of methoxy groups -OCH3 is 1. The molecule has 3 atom stereocenters. The lowest BCUT2D eigenvalue weighted by Gasteiger charge is -2.27. The summed E-state index contributed by atoms with van der Waals surface area (Å²) in [5, 5.41) is 13.7. The maximum atomic E-state index is 13.2. The van der Waals surface area contributed by atoms with Crippen molar-refractivity contribution < 1.29 is 28.4 Å². The average molecular weight is 698 g/mol. The summed E-state index contributed by atoms with van der Waals surface area (Å²) >= 11 is 7.54. The van der Waals surface area contributed by atoms with Crippen molar-refractivity contribution in [1.29, 1.82) is 0 Å². The summed E-state index contributed by atoms with van der Waals surface area (Å²) in [6.07, 6.45) is 9.64. The Kier molecular flexibility index (Phi) is 13.6. The van der Waals surface area contributed by atoms with Crippen LogP contribution in [-0.2, 0) is 18.8 Å². The molecule has 2 fully saturated rings. The zero-order chi connectivity index (χ0) is 33.3. The van der Waals surface area contributed by atoms with Gasteiger partial charge in [-0.1, -0.05) is 23.5 Å². The minimum atomic E-state index is -1.71. The smallest absolute Gasteiger partial charge is 0.327 e. The molecule has 2 saturated carbocycles. The number of aromatic nitrogens is 3. The van der Waals surface area contributed by atoms with E-state index in [9.17, 15) is 4.79 Å². The molecule has 2 aliphatic carbocycles. The van der Waals surface area contributed by atoms with Crippen LogP contribution in [0.15, 0.2) is 36.5 Å². The lowest BCUT2D eigenvalue weighted by Crippen LogP contribution is -2.40. The van der Waals surface area contributed by atoms with Crippen LogP contribution in [0.5, 0.6) is 5.75 Å². The third kappa shape index (κ3) is 9.35.